The van der Waals surface area contributed by atoms with Crippen LogP contribution in [0.4, 0.5) is 9.18 Å². The van der Waals surface area contributed by atoms with Crippen molar-refractivity contribution in [2.24, 2.45) is 0 Å². The van der Waals surface area contributed by atoms with Crippen LogP contribution < -0.4 is 4.74 Å². The van der Waals surface area contributed by atoms with Crippen LogP contribution in [0.15, 0.2) is 59.5 Å². The van der Waals surface area contributed by atoms with Gasteiger partial charge in [0.15, 0.2) is 0 Å². The van der Waals surface area contributed by atoms with E-state index in [1.807, 2.05) is 36.4 Å². The van der Waals surface area contributed by atoms with Gasteiger partial charge in [-0.1, -0.05) is 61.3 Å². The van der Waals surface area contributed by atoms with Gasteiger partial charge < -0.3 is 4.74 Å². The summed E-state index contributed by atoms with van der Waals surface area (Å²) in [6, 6.07) is 15.6. The average Bonchev–Trinajstić information content (AvgIpc) is 3.04. The van der Waals surface area contributed by atoms with Crippen molar-refractivity contribution in [2.75, 3.05) is 6.61 Å². The van der Waals surface area contributed by atoms with E-state index in [4.69, 9.17) is 16.3 Å². The third kappa shape index (κ3) is 4.66. The maximum absolute atomic E-state index is 13.3. The Bertz CT molecular complexity index is 1230. The number of hydrogen-bond donors (Lipinski definition) is 0. The lowest BCUT2D eigenvalue weighted by molar-refractivity contribution is -0.123. The highest BCUT2D eigenvalue weighted by atomic mass is 35.5. The normalized spacial score (nSPS) is 15.2. The number of carbonyl (C=O) groups excluding carboxylic acids is 2. The average molecular weight is 470 g/mol. The van der Waals surface area contributed by atoms with Crippen LogP contribution >= 0.6 is 23.4 Å². The Balaban J connectivity index is 1.68. The molecule has 4 nitrogen and oxygen atoms in total. The third-order valence-electron chi connectivity index (χ3n) is 5.18. The summed E-state index contributed by atoms with van der Waals surface area (Å²) in [5.41, 5.74) is 1.27. The molecule has 0 bridgehead atoms. The van der Waals surface area contributed by atoms with Crippen LogP contribution in [0.3, 0.4) is 0 Å². The molecular weight excluding hydrogens is 449 g/mol. The fraction of sp³-hybridized carbons (Fsp3) is 0.200. The van der Waals surface area contributed by atoms with Crippen molar-refractivity contribution in [3.05, 3.63) is 81.5 Å². The van der Waals surface area contributed by atoms with Gasteiger partial charge in [-0.05, 0) is 58.8 Å². The molecule has 0 unspecified atom stereocenters. The summed E-state index contributed by atoms with van der Waals surface area (Å²) in [5, 5.41) is 1.73. The number of ether oxygens (including phenoxy) is 1. The summed E-state index contributed by atoms with van der Waals surface area (Å²) in [6.07, 6.45) is 3.65. The standard InChI is InChI=1S/C25H21ClFNO3S/c1-2-3-12-31-22-11-9-16-6-4-5-7-19(16)20(22)14-23-24(29)28(25(30)32-23)15-17-8-10-18(27)13-21(17)26/h4-11,13-14H,2-3,12,15H2,1H3/b23-14-. The molecular formula is C25H21ClFNO3S. The highest BCUT2D eigenvalue weighted by Crippen LogP contribution is 2.38. The summed E-state index contributed by atoms with van der Waals surface area (Å²) >= 11 is 6.97. The molecule has 3 aromatic carbocycles. The molecule has 1 fully saturated rings. The molecule has 0 N–H and O–H groups in total. The van der Waals surface area contributed by atoms with Crippen molar-refractivity contribution in [1.29, 1.82) is 0 Å². The number of benzene rings is 3. The highest BCUT2D eigenvalue weighted by Gasteiger charge is 2.35. The Labute approximate surface area is 195 Å². The number of rotatable bonds is 7. The number of hydrogen-bond acceptors (Lipinski definition) is 4. The predicted molar refractivity (Wildman–Crippen MR) is 127 cm³/mol. The van der Waals surface area contributed by atoms with E-state index in [0.717, 1.165) is 45.8 Å². The zero-order valence-electron chi connectivity index (χ0n) is 17.4. The van der Waals surface area contributed by atoms with Gasteiger partial charge in [0, 0.05) is 10.6 Å². The molecule has 1 aliphatic heterocycles. The first-order chi connectivity index (χ1) is 15.5. The smallest absolute Gasteiger partial charge is 0.293 e. The lowest BCUT2D eigenvalue weighted by Gasteiger charge is -2.14. The van der Waals surface area contributed by atoms with Crippen LogP contribution in [0.1, 0.15) is 30.9 Å². The molecule has 4 rings (SSSR count). The van der Waals surface area contributed by atoms with Gasteiger partial charge in [-0.3, -0.25) is 14.5 Å². The number of carbonyl (C=O) groups is 2. The lowest BCUT2D eigenvalue weighted by atomic mass is 10.0. The minimum absolute atomic E-state index is 0.0173. The van der Waals surface area contributed by atoms with E-state index in [-0.39, 0.29) is 11.6 Å². The molecule has 1 heterocycles. The molecule has 2 amide bonds. The third-order valence-corrected chi connectivity index (χ3v) is 6.44. The van der Waals surface area contributed by atoms with Crippen molar-refractivity contribution < 1.29 is 18.7 Å². The molecule has 1 saturated heterocycles. The monoisotopic (exact) mass is 469 g/mol. The second kappa shape index (κ2) is 9.76. The van der Waals surface area contributed by atoms with Crippen molar-refractivity contribution in [2.45, 2.75) is 26.3 Å². The fourth-order valence-corrected chi connectivity index (χ4v) is 4.51. The van der Waals surface area contributed by atoms with Gasteiger partial charge in [-0.15, -0.1) is 0 Å². The van der Waals surface area contributed by atoms with E-state index in [1.54, 1.807) is 6.08 Å². The molecule has 164 valence electrons. The topological polar surface area (TPSA) is 46.6 Å². The maximum Gasteiger partial charge on any atom is 0.293 e. The van der Waals surface area contributed by atoms with Crippen molar-refractivity contribution in [3.8, 4) is 5.75 Å². The van der Waals surface area contributed by atoms with Crippen LogP contribution in [0.2, 0.25) is 5.02 Å². The first-order valence-corrected chi connectivity index (χ1v) is 11.5. The van der Waals surface area contributed by atoms with E-state index < -0.39 is 17.0 Å². The summed E-state index contributed by atoms with van der Waals surface area (Å²) in [6.45, 7) is 2.64. The summed E-state index contributed by atoms with van der Waals surface area (Å²) < 4.78 is 19.3. The number of unbranched alkanes of at least 4 members (excludes halogenated alkanes) is 1. The highest BCUT2D eigenvalue weighted by molar-refractivity contribution is 8.18. The Morgan fingerprint density at radius 3 is 2.72 bits per heavy atom. The lowest BCUT2D eigenvalue weighted by Crippen LogP contribution is -2.27. The van der Waals surface area contributed by atoms with Gasteiger partial charge in [0.1, 0.15) is 11.6 Å². The zero-order chi connectivity index (χ0) is 22.7. The van der Waals surface area contributed by atoms with E-state index in [0.29, 0.717) is 22.8 Å². The largest absolute Gasteiger partial charge is 0.493 e. The van der Waals surface area contributed by atoms with Crippen LogP contribution in [0.5, 0.6) is 5.75 Å². The quantitative estimate of drug-likeness (QED) is 0.275. The van der Waals surface area contributed by atoms with Gasteiger partial charge >= 0.3 is 0 Å². The Morgan fingerprint density at radius 1 is 1.12 bits per heavy atom. The van der Waals surface area contributed by atoms with Crippen molar-refractivity contribution in [1.82, 2.24) is 4.90 Å². The molecule has 0 aliphatic carbocycles. The molecule has 0 radical (unpaired) electrons. The second-order valence-electron chi connectivity index (χ2n) is 7.40. The number of amides is 2. The van der Waals surface area contributed by atoms with Crippen molar-refractivity contribution in [3.63, 3.8) is 0 Å². The van der Waals surface area contributed by atoms with Crippen LogP contribution in [-0.2, 0) is 11.3 Å². The van der Waals surface area contributed by atoms with E-state index in [1.165, 1.54) is 18.2 Å². The number of imide groups is 1. The molecule has 0 saturated carbocycles. The molecule has 1 aliphatic rings. The maximum atomic E-state index is 13.3. The van der Waals surface area contributed by atoms with Gasteiger partial charge in [0.2, 0.25) is 0 Å². The van der Waals surface area contributed by atoms with E-state index in [9.17, 15) is 14.0 Å². The fourth-order valence-electron chi connectivity index (χ4n) is 3.46. The van der Waals surface area contributed by atoms with Gasteiger partial charge in [-0.25, -0.2) is 4.39 Å². The Hall–Kier alpha value is -2.83. The van der Waals surface area contributed by atoms with Gasteiger partial charge in [0.25, 0.3) is 11.1 Å². The number of halogens is 2. The van der Waals surface area contributed by atoms with E-state index >= 15 is 0 Å². The summed E-state index contributed by atoms with van der Waals surface area (Å²) in [7, 11) is 0. The minimum Gasteiger partial charge on any atom is -0.493 e. The predicted octanol–water partition coefficient (Wildman–Crippen LogP) is 7.05. The minimum atomic E-state index is -0.473. The number of thioether (sulfide) groups is 1. The molecule has 0 atom stereocenters. The van der Waals surface area contributed by atoms with E-state index in [2.05, 4.69) is 6.92 Å². The number of fused-ring (bicyclic) bond motifs is 1. The molecule has 3 aromatic rings. The second-order valence-corrected chi connectivity index (χ2v) is 8.80. The zero-order valence-corrected chi connectivity index (χ0v) is 19.0. The SMILES string of the molecule is CCCCOc1ccc2ccccc2c1/C=C1\SC(=O)N(Cc2ccc(F)cc2Cl)C1=O. The first kappa shape index (κ1) is 22.4. The van der Waals surface area contributed by atoms with Crippen LogP contribution in [0.25, 0.3) is 16.8 Å². The van der Waals surface area contributed by atoms with Crippen LogP contribution in [0, 0.1) is 5.82 Å². The first-order valence-electron chi connectivity index (χ1n) is 10.3. The van der Waals surface area contributed by atoms with Crippen molar-refractivity contribution >= 4 is 51.4 Å². The molecule has 0 aromatic heterocycles. The Morgan fingerprint density at radius 2 is 1.94 bits per heavy atom. The molecule has 7 heteroatoms. The Kier molecular flexibility index (Phi) is 6.82. The number of nitrogens with zero attached hydrogens (tertiary/aromatic N) is 1. The summed E-state index contributed by atoms with van der Waals surface area (Å²) in [4.78, 5) is 27.1. The van der Waals surface area contributed by atoms with Gasteiger partial charge in [-0.2, -0.15) is 0 Å². The molecule has 0 spiro atoms. The summed E-state index contributed by atoms with van der Waals surface area (Å²) in [5.74, 6) is -0.210. The van der Waals surface area contributed by atoms with Gasteiger partial charge in [0.05, 0.1) is 18.1 Å². The molecule has 32 heavy (non-hydrogen) atoms. The van der Waals surface area contributed by atoms with Crippen LogP contribution in [-0.4, -0.2) is 22.7 Å².